The molecule has 0 aliphatic heterocycles. The Hall–Kier alpha value is -3.81. The number of carbonyl (C=O) groups is 1. The molecule has 30 heavy (non-hydrogen) atoms. The minimum absolute atomic E-state index is 0.0672. The van der Waals surface area contributed by atoms with Crippen LogP contribution in [0.4, 0.5) is 10.1 Å². The van der Waals surface area contributed by atoms with Crippen molar-refractivity contribution in [2.24, 2.45) is 0 Å². The molecule has 4 aromatic rings. The van der Waals surface area contributed by atoms with Gasteiger partial charge in [-0.1, -0.05) is 36.3 Å². The molecular formula is C22H19FN4O3. The Morgan fingerprint density at radius 1 is 1.20 bits per heavy atom. The average Bonchev–Trinajstić information content (AvgIpc) is 3.21. The molecule has 1 amide bonds. The van der Waals surface area contributed by atoms with Crippen LogP contribution in [0.1, 0.15) is 18.3 Å². The monoisotopic (exact) mass is 406 g/mol. The number of hydrogen-bond donors (Lipinski definition) is 1. The summed E-state index contributed by atoms with van der Waals surface area (Å²) in [7, 11) is 0. The first-order chi connectivity index (χ1) is 14.5. The summed E-state index contributed by atoms with van der Waals surface area (Å²) in [6.07, 6.45) is 0.605. The van der Waals surface area contributed by atoms with Gasteiger partial charge in [0.15, 0.2) is 5.82 Å². The van der Waals surface area contributed by atoms with E-state index in [9.17, 15) is 14.0 Å². The molecule has 0 atom stereocenters. The number of amides is 1. The number of benzene rings is 2. The van der Waals surface area contributed by atoms with Crippen LogP contribution in [0.25, 0.3) is 22.4 Å². The fourth-order valence-electron chi connectivity index (χ4n) is 3.24. The summed E-state index contributed by atoms with van der Waals surface area (Å²) in [5.74, 6) is -0.251. The maximum atomic E-state index is 14.0. The number of carbonyl (C=O) groups excluding carboxylic acids is 1. The molecule has 2 heterocycles. The standard InChI is InChI=1S/C22H19FN4O3/c1-3-19-25-22(30-26-19)15-11-21(29)27(18-7-5-4-6-14(15)18)12-20(28)24-17-9-8-13(2)10-16(17)23/h4-11H,3,12H2,1-2H3,(H,24,28). The molecule has 0 bridgehead atoms. The van der Waals surface area contributed by atoms with Crippen LogP contribution in [-0.2, 0) is 17.8 Å². The van der Waals surface area contributed by atoms with E-state index in [0.717, 1.165) is 5.56 Å². The lowest BCUT2D eigenvalue weighted by Gasteiger charge is -2.13. The van der Waals surface area contributed by atoms with Crippen LogP contribution in [0.2, 0.25) is 0 Å². The SMILES string of the molecule is CCc1noc(-c2cc(=O)n(CC(=O)Nc3ccc(C)cc3F)c3ccccc23)n1. The number of aromatic nitrogens is 3. The minimum Gasteiger partial charge on any atom is -0.334 e. The Bertz CT molecular complexity index is 1310. The lowest BCUT2D eigenvalue weighted by atomic mass is 10.1. The summed E-state index contributed by atoms with van der Waals surface area (Å²) < 4.78 is 20.7. The maximum absolute atomic E-state index is 14.0. The van der Waals surface area contributed by atoms with Crippen molar-refractivity contribution in [3.05, 3.63) is 76.1 Å². The molecule has 0 aliphatic carbocycles. The minimum atomic E-state index is -0.529. The van der Waals surface area contributed by atoms with Gasteiger partial charge >= 0.3 is 0 Å². The van der Waals surface area contributed by atoms with E-state index in [0.29, 0.717) is 28.7 Å². The quantitative estimate of drug-likeness (QED) is 0.546. The summed E-state index contributed by atoms with van der Waals surface area (Å²) in [6, 6.07) is 13.0. The third-order valence-corrected chi connectivity index (χ3v) is 4.73. The van der Waals surface area contributed by atoms with Crippen molar-refractivity contribution >= 4 is 22.5 Å². The van der Waals surface area contributed by atoms with Gasteiger partial charge in [0.05, 0.1) is 16.8 Å². The molecule has 0 unspecified atom stereocenters. The van der Waals surface area contributed by atoms with Gasteiger partial charge in [-0.25, -0.2) is 4.39 Å². The van der Waals surface area contributed by atoms with Crippen LogP contribution < -0.4 is 10.9 Å². The average molecular weight is 406 g/mol. The largest absolute Gasteiger partial charge is 0.334 e. The number of aryl methyl sites for hydroxylation is 2. The summed E-state index contributed by atoms with van der Waals surface area (Å²) in [5, 5.41) is 7.10. The highest BCUT2D eigenvalue weighted by Gasteiger charge is 2.17. The predicted octanol–water partition coefficient (Wildman–Crippen LogP) is 3.70. The van der Waals surface area contributed by atoms with Gasteiger partial charge in [0, 0.05) is 17.9 Å². The first kappa shape index (κ1) is 19.5. The number of pyridine rings is 1. The Balaban J connectivity index is 1.71. The van der Waals surface area contributed by atoms with E-state index in [4.69, 9.17) is 4.52 Å². The molecule has 8 heteroatoms. The zero-order valence-corrected chi connectivity index (χ0v) is 16.5. The number of halogens is 1. The second-order valence-corrected chi connectivity index (χ2v) is 6.90. The zero-order chi connectivity index (χ0) is 21.3. The highest BCUT2D eigenvalue weighted by molar-refractivity contribution is 5.95. The second kappa shape index (κ2) is 7.90. The Morgan fingerprint density at radius 2 is 2.00 bits per heavy atom. The van der Waals surface area contributed by atoms with Gasteiger partial charge in [-0.2, -0.15) is 4.98 Å². The van der Waals surface area contributed by atoms with Crippen LogP contribution >= 0.6 is 0 Å². The topological polar surface area (TPSA) is 90.0 Å². The van der Waals surface area contributed by atoms with E-state index in [1.165, 1.54) is 22.8 Å². The molecule has 0 spiro atoms. The first-order valence-corrected chi connectivity index (χ1v) is 9.48. The normalized spacial score (nSPS) is 11.0. The fourth-order valence-corrected chi connectivity index (χ4v) is 3.24. The number of para-hydroxylation sites is 1. The van der Waals surface area contributed by atoms with Crippen molar-refractivity contribution in [1.82, 2.24) is 14.7 Å². The molecule has 0 radical (unpaired) electrons. The van der Waals surface area contributed by atoms with E-state index in [1.54, 1.807) is 25.1 Å². The van der Waals surface area contributed by atoms with Crippen molar-refractivity contribution in [3.63, 3.8) is 0 Å². The van der Waals surface area contributed by atoms with Gasteiger partial charge in [-0.15, -0.1) is 0 Å². The molecule has 0 fully saturated rings. The molecule has 152 valence electrons. The highest BCUT2D eigenvalue weighted by Crippen LogP contribution is 2.26. The molecule has 0 aliphatic rings. The van der Waals surface area contributed by atoms with E-state index in [2.05, 4.69) is 15.5 Å². The fraction of sp³-hybridized carbons (Fsp3) is 0.182. The Morgan fingerprint density at radius 3 is 2.73 bits per heavy atom. The van der Waals surface area contributed by atoms with Gasteiger partial charge in [0.2, 0.25) is 5.91 Å². The molecule has 0 saturated heterocycles. The smallest absolute Gasteiger partial charge is 0.258 e. The van der Waals surface area contributed by atoms with Crippen molar-refractivity contribution in [1.29, 1.82) is 0 Å². The van der Waals surface area contributed by atoms with E-state index < -0.39 is 17.3 Å². The number of anilines is 1. The van der Waals surface area contributed by atoms with Gasteiger partial charge in [-0.05, 0) is 30.7 Å². The van der Waals surface area contributed by atoms with Gasteiger partial charge in [0.25, 0.3) is 11.4 Å². The number of hydrogen-bond acceptors (Lipinski definition) is 5. The third kappa shape index (κ3) is 3.71. The van der Waals surface area contributed by atoms with Crippen molar-refractivity contribution in [2.75, 3.05) is 5.32 Å². The maximum Gasteiger partial charge on any atom is 0.258 e. The number of rotatable bonds is 5. The van der Waals surface area contributed by atoms with Gasteiger partial charge < -0.3 is 9.84 Å². The Kier molecular flexibility index (Phi) is 5.14. The van der Waals surface area contributed by atoms with Crippen molar-refractivity contribution in [3.8, 4) is 11.5 Å². The lowest BCUT2D eigenvalue weighted by Crippen LogP contribution is -2.28. The van der Waals surface area contributed by atoms with Crippen LogP contribution in [0, 0.1) is 12.7 Å². The van der Waals surface area contributed by atoms with Gasteiger partial charge in [-0.3, -0.25) is 14.2 Å². The lowest BCUT2D eigenvalue weighted by molar-refractivity contribution is -0.116. The summed E-state index contributed by atoms with van der Waals surface area (Å²) >= 11 is 0. The highest BCUT2D eigenvalue weighted by atomic mass is 19.1. The first-order valence-electron chi connectivity index (χ1n) is 9.48. The molecule has 2 aromatic heterocycles. The molecule has 0 saturated carbocycles. The van der Waals surface area contributed by atoms with Crippen molar-refractivity contribution < 1.29 is 13.7 Å². The summed E-state index contributed by atoms with van der Waals surface area (Å²) in [5.41, 5.74) is 1.45. The van der Waals surface area contributed by atoms with Crippen LogP contribution in [0.5, 0.6) is 0 Å². The molecule has 1 N–H and O–H groups in total. The van der Waals surface area contributed by atoms with Crippen LogP contribution in [0.3, 0.4) is 0 Å². The zero-order valence-electron chi connectivity index (χ0n) is 16.5. The number of nitrogens with one attached hydrogen (secondary N) is 1. The van der Waals surface area contributed by atoms with Crippen LogP contribution in [0.15, 0.2) is 57.8 Å². The van der Waals surface area contributed by atoms with Gasteiger partial charge in [0.1, 0.15) is 12.4 Å². The number of nitrogens with zero attached hydrogens (tertiary/aromatic N) is 3. The van der Waals surface area contributed by atoms with E-state index >= 15 is 0 Å². The second-order valence-electron chi connectivity index (χ2n) is 6.90. The Labute approximate surface area is 171 Å². The number of fused-ring (bicyclic) bond motifs is 1. The van der Waals surface area contributed by atoms with Crippen molar-refractivity contribution in [2.45, 2.75) is 26.8 Å². The summed E-state index contributed by atoms with van der Waals surface area (Å²) in [6.45, 7) is 3.39. The molecule has 4 rings (SSSR count). The third-order valence-electron chi connectivity index (χ3n) is 4.73. The molecule has 7 nitrogen and oxygen atoms in total. The predicted molar refractivity (Wildman–Crippen MR) is 111 cm³/mol. The molecule has 2 aromatic carbocycles. The summed E-state index contributed by atoms with van der Waals surface area (Å²) in [4.78, 5) is 29.7. The van der Waals surface area contributed by atoms with E-state index in [1.807, 2.05) is 19.1 Å². The van der Waals surface area contributed by atoms with E-state index in [-0.39, 0.29) is 18.1 Å². The molecular weight excluding hydrogens is 387 g/mol. The van der Waals surface area contributed by atoms with Crippen LogP contribution in [-0.4, -0.2) is 20.6 Å².